The molecule has 0 spiro atoms. The Hall–Kier alpha value is -1.69. The van der Waals surface area contributed by atoms with Gasteiger partial charge in [0.25, 0.3) is 0 Å². The van der Waals surface area contributed by atoms with E-state index in [0.717, 1.165) is 16.7 Å². The summed E-state index contributed by atoms with van der Waals surface area (Å²) in [6, 6.07) is 12.7. The van der Waals surface area contributed by atoms with Crippen LogP contribution >= 0.6 is 35.0 Å². The van der Waals surface area contributed by atoms with Gasteiger partial charge in [0.05, 0.1) is 5.75 Å². The number of hydrogen-bond acceptors (Lipinski definition) is 3. The average molecular weight is 481 g/mol. The van der Waals surface area contributed by atoms with Crippen LogP contribution in [0.3, 0.4) is 0 Å². The van der Waals surface area contributed by atoms with Crippen molar-refractivity contribution in [1.29, 1.82) is 0 Å². The third-order valence-electron chi connectivity index (χ3n) is 4.60. The highest BCUT2D eigenvalue weighted by Gasteiger charge is 2.28. The van der Waals surface area contributed by atoms with Crippen LogP contribution in [0.2, 0.25) is 10.0 Å². The number of benzene rings is 2. The van der Waals surface area contributed by atoms with Crippen LogP contribution in [0.25, 0.3) is 0 Å². The first kappa shape index (κ1) is 25.6. The summed E-state index contributed by atoms with van der Waals surface area (Å²) in [6.45, 7) is 9.94. The molecule has 0 aliphatic rings. The Labute approximate surface area is 199 Å². The fraction of sp³-hybridized carbons (Fsp3) is 0.417. The molecule has 0 fully saturated rings. The molecular formula is C24H30Cl2N2O2S. The minimum Gasteiger partial charge on any atom is -0.350 e. The molecule has 1 unspecified atom stereocenters. The maximum Gasteiger partial charge on any atom is 0.242 e. The third-order valence-corrected chi connectivity index (χ3v) is 6.15. The number of halogens is 2. The highest BCUT2D eigenvalue weighted by Crippen LogP contribution is 2.25. The molecule has 2 amide bonds. The monoisotopic (exact) mass is 480 g/mol. The second-order valence-electron chi connectivity index (χ2n) is 8.65. The second kappa shape index (κ2) is 11.3. The maximum atomic E-state index is 13.1. The molecule has 1 N–H and O–H groups in total. The van der Waals surface area contributed by atoms with Crippen molar-refractivity contribution in [1.82, 2.24) is 10.2 Å². The summed E-state index contributed by atoms with van der Waals surface area (Å²) in [4.78, 5) is 27.6. The van der Waals surface area contributed by atoms with Gasteiger partial charge in [0.2, 0.25) is 11.8 Å². The minimum absolute atomic E-state index is 0.0897. The van der Waals surface area contributed by atoms with Gasteiger partial charge in [0.1, 0.15) is 6.04 Å². The summed E-state index contributed by atoms with van der Waals surface area (Å²) in [5.74, 6) is 0.577. The van der Waals surface area contributed by atoms with Crippen LogP contribution in [0.15, 0.2) is 42.5 Å². The molecule has 0 bridgehead atoms. The number of aryl methyl sites for hydroxylation is 1. The fourth-order valence-corrected chi connectivity index (χ4v) is 4.50. The molecule has 0 aromatic heterocycles. The SMILES string of the molecule is Cc1cccc(CN(C(=O)CSCc2ccc(Cl)cc2Cl)C(C)C(=O)NC(C)(C)C)c1. The van der Waals surface area contributed by atoms with Gasteiger partial charge in [0.15, 0.2) is 0 Å². The summed E-state index contributed by atoms with van der Waals surface area (Å²) < 4.78 is 0. The zero-order valence-electron chi connectivity index (χ0n) is 18.7. The molecule has 0 radical (unpaired) electrons. The van der Waals surface area contributed by atoms with Gasteiger partial charge in [0, 0.05) is 27.9 Å². The highest BCUT2D eigenvalue weighted by molar-refractivity contribution is 7.99. The lowest BCUT2D eigenvalue weighted by Gasteiger charge is -2.31. The molecule has 0 saturated heterocycles. The van der Waals surface area contributed by atoms with Crippen molar-refractivity contribution >= 4 is 46.8 Å². The summed E-state index contributed by atoms with van der Waals surface area (Å²) in [5.41, 5.74) is 2.66. The normalized spacial score (nSPS) is 12.4. The number of nitrogens with one attached hydrogen (secondary N) is 1. The molecule has 1 atom stereocenters. The topological polar surface area (TPSA) is 49.4 Å². The van der Waals surface area contributed by atoms with Crippen molar-refractivity contribution < 1.29 is 9.59 Å². The van der Waals surface area contributed by atoms with E-state index < -0.39 is 6.04 Å². The number of amides is 2. The van der Waals surface area contributed by atoms with Crippen LogP contribution in [0.1, 0.15) is 44.4 Å². The van der Waals surface area contributed by atoms with E-state index in [9.17, 15) is 9.59 Å². The van der Waals surface area contributed by atoms with Crippen molar-refractivity contribution in [2.75, 3.05) is 5.75 Å². The first-order valence-electron chi connectivity index (χ1n) is 10.1. The zero-order chi connectivity index (χ0) is 23.2. The molecule has 2 aromatic carbocycles. The molecule has 31 heavy (non-hydrogen) atoms. The lowest BCUT2D eigenvalue weighted by molar-refractivity contribution is -0.139. The smallest absolute Gasteiger partial charge is 0.242 e. The molecule has 7 heteroatoms. The van der Waals surface area contributed by atoms with Gasteiger partial charge in [-0.3, -0.25) is 9.59 Å². The number of nitrogens with zero attached hydrogens (tertiary/aromatic N) is 1. The van der Waals surface area contributed by atoms with Gasteiger partial charge >= 0.3 is 0 Å². The Kier molecular flexibility index (Phi) is 9.28. The van der Waals surface area contributed by atoms with Gasteiger partial charge in [-0.1, -0.05) is 59.1 Å². The minimum atomic E-state index is -0.591. The van der Waals surface area contributed by atoms with E-state index in [1.54, 1.807) is 24.0 Å². The van der Waals surface area contributed by atoms with Crippen molar-refractivity contribution in [3.63, 3.8) is 0 Å². The molecule has 0 heterocycles. The molecule has 4 nitrogen and oxygen atoms in total. The molecule has 0 aliphatic heterocycles. The van der Waals surface area contributed by atoms with E-state index in [4.69, 9.17) is 23.2 Å². The van der Waals surface area contributed by atoms with Gasteiger partial charge in [-0.15, -0.1) is 11.8 Å². The molecule has 168 valence electrons. The van der Waals surface area contributed by atoms with E-state index in [1.807, 2.05) is 58.0 Å². The largest absolute Gasteiger partial charge is 0.350 e. The average Bonchev–Trinajstić information content (AvgIpc) is 2.66. The Morgan fingerprint density at radius 3 is 2.45 bits per heavy atom. The third kappa shape index (κ3) is 8.40. The van der Waals surface area contributed by atoms with Crippen molar-refractivity contribution in [3.05, 3.63) is 69.2 Å². The number of carbonyl (C=O) groups is 2. The van der Waals surface area contributed by atoms with Crippen LogP contribution in [0.4, 0.5) is 0 Å². The molecular weight excluding hydrogens is 451 g/mol. The van der Waals surface area contributed by atoms with Crippen LogP contribution in [0, 0.1) is 6.92 Å². The fourth-order valence-electron chi connectivity index (χ4n) is 3.03. The first-order valence-corrected chi connectivity index (χ1v) is 12.1. The Morgan fingerprint density at radius 2 is 1.84 bits per heavy atom. The van der Waals surface area contributed by atoms with E-state index in [0.29, 0.717) is 22.3 Å². The summed E-state index contributed by atoms with van der Waals surface area (Å²) in [5, 5.41) is 4.14. The Morgan fingerprint density at radius 1 is 1.13 bits per heavy atom. The quantitative estimate of drug-likeness (QED) is 0.513. The molecule has 2 rings (SSSR count). The van der Waals surface area contributed by atoms with E-state index in [-0.39, 0.29) is 23.1 Å². The number of hydrogen-bond donors (Lipinski definition) is 1. The second-order valence-corrected chi connectivity index (χ2v) is 10.5. The van der Waals surface area contributed by atoms with Gasteiger partial charge < -0.3 is 10.2 Å². The van der Waals surface area contributed by atoms with Crippen molar-refractivity contribution in [3.8, 4) is 0 Å². The van der Waals surface area contributed by atoms with Crippen LogP contribution in [-0.2, 0) is 21.9 Å². The maximum absolute atomic E-state index is 13.1. The van der Waals surface area contributed by atoms with Gasteiger partial charge in [-0.25, -0.2) is 0 Å². The summed E-state index contributed by atoms with van der Waals surface area (Å²) in [7, 11) is 0. The van der Waals surface area contributed by atoms with Crippen LogP contribution in [-0.4, -0.2) is 34.0 Å². The summed E-state index contributed by atoms with van der Waals surface area (Å²) in [6.07, 6.45) is 0. The van der Waals surface area contributed by atoms with E-state index in [1.165, 1.54) is 11.8 Å². The van der Waals surface area contributed by atoms with Crippen molar-refractivity contribution in [2.45, 2.75) is 58.5 Å². The van der Waals surface area contributed by atoms with Gasteiger partial charge in [-0.05, 0) is 57.9 Å². The van der Waals surface area contributed by atoms with Crippen LogP contribution in [0.5, 0.6) is 0 Å². The highest BCUT2D eigenvalue weighted by atomic mass is 35.5. The predicted octanol–water partition coefficient (Wildman–Crippen LogP) is 5.87. The number of carbonyl (C=O) groups excluding carboxylic acids is 2. The van der Waals surface area contributed by atoms with Crippen molar-refractivity contribution in [2.24, 2.45) is 0 Å². The van der Waals surface area contributed by atoms with E-state index in [2.05, 4.69) is 5.32 Å². The lowest BCUT2D eigenvalue weighted by Crippen LogP contribution is -2.52. The zero-order valence-corrected chi connectivity index (χ0v) is 21.0. The summed E-state index contributed by atoms with van der Waals surface area (Å²) >= 11 is 13.7. The van der Waals surface area contributed by atoms with Crippen LogP contribution < -0.4 is 5.32 Å². The van der Waals surface area contributed by atoms with Gasteiger partial charge in [-0.2, -0.15) is 0 Å². The van der Waals surface area contributed by atoms with E-state index >= 15 is 0 Å². The lowest BCUT2D eigenvalue weighted by atomic mass is 10.1. The molecule has 0 saturated carbocycles. The predicted molar refractivity (Wildman–Crippen MR) is 132 cm³/mol. The first-order chi connectivity index (χ1) is 14.5. The Bertz CT molecular complexity index is 928. The number of rotatable bonds is 8. The standard InChI is InChI=1S/C24H30Cl2N2O2S/c1-16-7-6-8-18(11-16)13-28(17(2)23(30)27-24(3,4)5)22(29)15-31-14-19-9-10-20(25)12-21(19)26/h6-12,17H,13-15H2,1-5H3,(H,27,30). The number of thioether (sulfide) groups is 1. The molecule has 0 aliphatic carbocycles. The molecule has 2 aromatic rings. The Balaban J connectivity index is 2.11.